The molecule has 0 amide bonds. The quantitative estimate of drug-likeness (QED) is 0.656. The van der Waals surface area contributed by atoms with Crippen LogP contribution >= 0.6 is 11.6 Å². The Kier molecular flexibility index (Phi) is 5.04. The fourth-order valence-electron chi connectivity index (χ4n) is 2.87. The summed E-state index contributed by atoms with van der Waals surface area (Å²) in [5, 5.41) is 10.8. The van der Waals surface area contributed by atoms with E-state index in [-0.39, 0.29) is 17.1 Å². The molecule has 0 atom stereocenters. The summed E-state index contributed by atoms with van der Waals surface area (Å²) in [5.41, 5.74) is 1.11. The molecule has 3 rings (SSSR count). The van der Waals surface area contributed by atoms with E-state index in [0.717, 1.165) is 6.26 Å². The highest BCUT2D eigenvalue weighted by Gasteiger charge is 2.16. The molecule has 7 heteroatoms. The second-order valence-electron chi connectivity index (χ2n) is 6.21. The number of hydrogen-bond acceptors (Lipinski definition) is 4. The maximum absolute atomic E-state index is 13.0. The molecule has 0 heterocycles. The number of carbonyl (C=O) groups is 2. The van der Waals surface area contributed by atoms with Gasteiger partial charge in [0.2, 0.25) is 0 Å². The van der Waals surface area contributed by atoms with Crippen molar-refractivity contribution in [3.8, 4) is 0 Å². The minimum absolute atomic E-state index is 0.117. The van der Waals surface area contributed by atoms with Crippen LogP contribution in [0.5, 0.6) is 0 Å². The molecule has 138 valence electrons. The van der Waals surface area contributed by atoms with E-state index in [1.165, 1.54) is 24.3 Å². The van der Waals surface area contributed by atoms with E-state index in [1.54, 1.807) is 30.3 Å². The molecular formula is C20H15ClO5S. The Morgan fingerprint density at radius 3 is 2.26 bits per heavy atom. The van der Waals surface area contributed by atoms with Crippen LogP contribution in [0.25, 0.3) is 10.8 Å². The molecular weight excluding hydrogens is 388 g/mol. The zero-order valence-corrected chi connectivity index (χ0v) is 15.8. The predicted octanol–water partition coefficient (Wildman–Crippen LogP) is 3.75. The van der Waals surface area contributed by atoms with Gasteiger partial charge in [-0.15, -0.1) is 0 Å². The van der Waals surface area contributed by atoms with Gasteiger partial charge in [0.1, 0.15) is 0 Å². The Balaban J connectivity index is 2.14. The van der Waals surface area contributed by atoms with Crippen LogP contribution in [0.4, 0.5) is 0 Å². The van der Waals surface area contributed by atoms with E-state index >= 15 is 0 Å². The summed E-state index contributed by atoms with van der Waals surface area (Å²) in [5.74, 6) is -1.34. The summed E-state index contributed by atoms with van der Waals surface area (Å²) in [7, 11) is -3.36. The van der Waals surface area contributed by atoms with Gasteiger partial charge in [-0.05, 0) is 58.8 Å². The lowest BCUT2D eigenvalue weighted by atomic mass is 9.94. The van der Waals surface area contributed by atoms with Crippen molar-refractivity contribution >= 4 is 44.0 Å². The zero-order valence-electron chi connectivity index (χ0n) is 14.3. The molecule has 27 heavy (non-hydrogen) atoms. The minimum Gasteiger partial charge on any atom is -0.481 e. The standard InChI is InChI=1S/C20H15ClO5S/c1-27(25,26)16-6-3-13(4-7-16)20(24)18-9-12(10-19(22)23)8-14-2-5-15(21)11-17(14)18/h2-9,11H,10H2,1H3,(H,22,23). The molecule has 0 saturated heterocycles. The molecule has 0 bridgehead atoms. The molecule has 0 radical (unpaired) electrons. The monoisotopic (exact) mass is 402 g/mol. The summed E-state index contributed by atoms with van der Waals surface area (Å²) < 4.78 is 23.2. The average Bonchev–Trinajstić information content (AvgIpc) is 2.59. The Labute approximate surface area is 161 Å². The van der Waals surface area contributed by atoms with Gasteiger partial charge < -0.3 is 5.11 Å². The van der Waals surface area contributed by atoms with Crippen LogP contribution in [0.3, 0.4) is 0 Å². The van der Waals surface area contributed by atoms with Crippen molar-refractivity contribution in [3.05, 3.63) is 76.3 Å². The second kappa shape index (κ2) is 7.13. The molecule has 0 aliphatic rings. The SMILES string of the molecule is CS(=O)(=O)c1ccc(C(=O)c2cc(CC(=O)O)cc3ccc(Cl)cc23)cc1. The third-order valence-electron chi connectivity index (χ3n) is 4.12. The first-order valence-electron chi connectivity index (χ1n) is 7.94. The van der Waals surface area contributed by atoms with Crippen molar-refractivity contribution in [1.82, 2.24) is 0 Å². The fraction of sp³-hybridized carbons (Fsp3) is 0.100. The molecule has 0 saturated carbocycles. The summed E-state index contributed by atoms with van der Waals surface area (Å²) in [6, 6.07) is 13.9. The summed E-state index contributed by atoms with van der Waals surface area (Å²) in [4.78, 5) is 24.2. The summed E-state index contributed by atoms with van der Waals surface area (Å²) >= 11 is 6.06. The maximum Gasteiger partial charge on any atom is 0.307 e. The lowest BCUT2D eigenvalue weighted by Crippen LogP contribution is -2.06. The number of ketones is 1. The number of hydrogen-bond donors (Lipinski definition) is 1. The van der Waals surface area contributed by atoms with Gasteiger partial charge in [0.05, 0.1) is 11.3 Å². The Bertz CT molecular complexity index is 1160. The first-order valence-corrected chi connectivity index (χ1v) is 10.2. The van der Waals surface area contributed by atoms with Crippen LogP contribution in [0.15, 0.2) is 59.5 Å². The molecule has 0 spiro atoms. The van der Waals surface area contributed by atoms with Gasteiger partial charge in [0.25, 0.3) is 0 Å². The van der Waals surface area contributed by atoms with E-state index in [2.05, 4.69) is 0 Å². The number of rotatable bonds is 5. The van der Waals surface area contributed by atoms with E-state index in [4.69, 9.17) is 16.7 Å². The average molecular weight is 403 g/mol. The topological polar surface area (TPSA) is 88.5 Å². The second-order valence-corrected chi connectivity index (χ2v) is 8.66. The Morgan fingerprint density at radius 1 is 1.00 bits per heavy atom. The highest BCUT2D eigenvalue weighted by atomic mass is 35.5. The number of aliphatic carboxylic acids is 1. The first kappa shape index (κ1) is 19.1. The van der Waals surface area contributed by atoms with Gasteiger partial charge in [-0.1, -0.05) is 23.7 Å². The fourth-order valence-corrected chi connectivity index (χ4v) is 3.67. The Morgan fingerprint density at radius 2 is 1.67 bits per heavy atom. The number of sulfone groups is 1. The normalized spacial score (nSPS) is 11.5. The van der Waals surface area contributed by atoms with Crippen molar-refractivity contribution in [2.45, 2.75) is 11.3 Å². The van der Waals surface area contributed by atoms with Crippen LogP contribution in [0, 0.1) is 0 Å². The lowest BCUT2D eigenvalue weighted by Gasteiger charge is -2.10. The molecule has 3 aromatic carbocycles. The lowest BCUT2D eigenvalue weighted by molar-refractivity contribution is -0.136. The van der Waals surface area contributed by atoms with Gasteiger partial charge in [-0.3, -0.25) is 9.59 Å². The molecule has 0 unspecified atom stereocenters. The zero-order chi connectivity index (χ0) is 19.8. The molecule has 0 aliphatic heterocycles. The summed E-state index contributed by atoms with van der Waals surface area (Å²) in [6.07, 6.45) is 0.876. The first-order chi connectivity index (χ1) is 12.6. The van der Waals surface area contributed by atoms with Crippen molar-refractivity contribution in [1.29, 1.82) is 0 Å². The molecule has 0 aromatic heterocycles. The van der Waals surface area contributed by atoms with E-state index in [0.29, 0.717) is 32.5 Å². The van der Waals surface area contributed by atoms with Crippen LogP contribution < -0.4 is 0 Å². The van der Waals surface area contributed by atoms with E-state index in [9.17, 15) is 18.0 Å². The highest BCUT2D eigenvalue weighted by molar-refractivity contribution is 7.90. The summed E-state index contributed by atoms with van der Waals surface area (Å²) in [6.45, 7) is 0. The van der Waals surface area contributed by atoms with E-state index in [1.807, 2.05) is 0 Å². The van der Waals surface area contributed by atoms with Crippen LogP contribution in [-0.4, -0.2) is 31.5 Å². The third kappa shape index (κ3) is 4.18. The van der Waals surface area contributed by atoms with E-state index < -0.39 is 15.8 Å². The molecule has 0 aliphatic carbocycles. The molecule has 0 fully saturated rings. The number of benzene rings is 3. The van der Waals surface area contributed by atoms with Gasteiger partial charge in [0, 0.05) is 22.4 Å². The van der Waals surface area contributed by atoms with Crippen molar-refractivity contribution in [2.24, 2.45) is 0 Å². The molecule has 3 aromatic rings. The van der Waals surface area contributed by atoms with Gasteiger partial charge in [-0.2, -0.15) is 0 Å². The maximum atomic E-state index is 13.0. The van der Waals surface area contributed by atoms with Crippen LogP contribution in [-0.2, 0) is 21.1 Å². The van der Waals surface area contributed by atoms with Gasteiger partial charge in [0.15, 0.2) is 15.6 Å². The van der Waals surface area contributed by atoms with Crippen LogP contribution in [0.1, 0.15) is 21.5 Å². The van der Waals surface area contributed by atoms with Gasteiger partial charge in [-0.25, -0.2) is 8.42 Å². The predicted molar refractivity (Wildman–Crippen MR) is 103 cm³/mol. The number of halogens is 1. The third-order valence-corrected chi connectivity index (χ3v) is 5.48. The molecule has 5 nitrogen and oxygen atoms in total. The van der Waals surface area contributed by atoms with Crippen molar-refractivity contribution in [2.75, 3.05) is 6.26 Å². The molecule has 1 N–H and O–H groups in total. The number of fused-ring (bicyclic) bond motifs is 1. The number of carboxylic acid groups (broad SMARTS) is 1. The minimum atomic E-state index is -3.36. The largest absolute Gasteiger partial charge is 0.481 e. The van der Waals surface area contributed by atoms with Gasteiger partial charge >= 0.3 is 5.97 Å². The van der Waals surface area contributed by atoms with Crippen molar-refractivity contribution in [3.63, 3.8) is 0 Å². The van der Waals surface area contributed by atoms with Crippen LogP contribution in [0.2, 0.25) is 5.02 Å². The smallest absolute Gasteiger partial charge is 0.307 e. The highest BCUT2D eigenvalue weighted by Crippen LogP contribution is 2.27. The number of carboxylic acids is 1. The Hall–Kier alpha value is -2.70. The van der Waals surface area contributed by atoms with Crippen molar-refractivity contribution < 1.29 is 23.1 Å². The number of carbonyl (C=O) groups excluding carboxylic acids is 1.